The molecule has 0 bridgehead atoms. The number of nitrogens with two attached hydrogens (primary N) is 1. The molecule has 0 heterocycles. The molecule has 0 unspecified atom stereocenters. The van der Waals surface area contributed by atoms with Gasteiger partial charge in [0.15, 0.2) is 0 Å². The molecule has 1 aromatic carbocycles. The lowest BCUT2D eigenvalue weighted by Crippen LogP contribution is -2.14. The van der Waals surface area contributed by atoms with Gasteiger partial charge in [-0.05, 0) is 39.3 Å². The summed E-state index contributed by atoms with van der Waals surface area (Å²) in [4.78, 5) is 4.23. The van der Waals surface area contributed by atoms with E-state index >= 15 is 0 Å². The Kier molecular flexibility index (Phi) is 3.67. The van der Waals surface area contributed by atoms with Crippen LogP contribution in [0.4, 0.5) is 0 Å². The van der Waals surface area contributed by atoms with Gasteiger partial charge in [0.25, 0.3) is 0 Å². The number of hydrogen-bond acceptors (Lipinski definition) is 1. The molecule has 1 rings (SSSR count). The molecule has 0 saturated heterocycles. The summed E-state index contributed by atoms with van der Waals surface area (Å²) in [5.74, 6) is 0.581. The van der Waals surface area contributed by atoms with Crippen molar-refractivity contribution < 1.29 is 0 Å². The second-order valence-corrected chi connectivity index (χ2v) is 4.04. The zero-order chi connectivity index (χ0) is 11.4. The predicted molar refractivity (Wildman–Crippen MR) is 66.1 cm³/mol. The van der Waals surface area contributed by atoms with Gasteiger partial charge in [0, 0.05) is 11.8 Å². The summed E-state index contributed by atoms with van der Waals surface area (Å²) in [5.41, 5.74) is 10.4. The second-order valence-electron chi connectivity index (χ2n) is 4.04. The molecular weight excluding hydrogens is 184 g/mol. The van der Waals surface area contributed by atoms with E-state index in [1.165, 1.54) is 5.56 Å². The Balaban J connectivity index is 3.10. The van der Waals surface area contributed by atoms with Crippen LogP contribution >= 0.6 is 0 Å². The number of benzene rings is 1. The van der Waals surface area contributed by atoms with Gasteiger partial charge in [-0.3, -0.25) is 0 Å². The van der Waals surface area contributed by atoms with E-state index in [4.69, 9.17) is 5.73 Å². The molecule has 0 aliphatic carbocycles. The van der Waals surface area contributed by atoms with Crippen LogP contribution in [0.25, 0.3) is 0 Å². The van der Waals surface area contributed by atoms with Gasteiger partial charge in [0.1, 0.15) is 5.84 Å². The number of aliphatic imine (C=N–C) groups is 1. The lowest BCUT2D eigenvalue weighted by Gasteiger charge is -2.05. The molecule has 0 aromatic heterocycles. The highest BCUT2D eigenvalue weighted by atomic mass is 14.8. The third-order valence-electron chi connectivity index (χ3n) is 2.13. The van der Waals surface area contributed by atoms with Crippen LogP contribution < -0.4 is 5.73 Å². The minimum atomic E-state index is 0.581. The summed E-state index contributed by atoms with van der Waals surface area (Å²) in [5, 5.41) is 0. The van der Waals surface area contributed by atoms with Gasteiger partial charge in [0.05, 0.1) is 0 Å². The normalized spacial score (nSPS) is 11.3. The molecule has 2 N–H and O–H groups in total. The fourth-order valence-electron chi connectivity index (χ4n) is 1.28. The first kappa shape index (κ1) is 11.5. The van der Waals surface area contributed by atoms with E-state index < -0.39 is 0 Å². The lowest BCUT2D eigenvalue weighted by molar-refractivity contribution is 1.31. The fraction of sp³-hybridized carbons (Fsp3) is 0.308. The zero-order valence-corrected chi connectivity index (χ0v) is 9.83. The number of nitrogens with zero attached hydrogens (tertiary/aromatic N) is 1. The first-order chi connectivity index (χ1) is 7.00. The third-order valence-corrected chi connectivity index (χ3v) is 2.13. The maximum Gasteiger partial charge on any atom is 0.130 e. The number of rotatable bonds is 2. The van der Waals surface area contributed by atoms with E-state index in [1.54, 1.807) is 6.20 Å². The highest BCUT2D eigenvalue weighted by Gasteiger charge is 2.01. The van der Waals surface area contributed by atoms with Crippen LogP contribution in [0, 0.1) is 13.8 Å². The van der Waals surface area contributed by atoms with Gasteiger partial charge in [-0.1, -0.05) is 23.3 Å². The van der Waals surface area contributed by atoms with E-state index in [0.29, 0.717) is 5.84 Å². The van der Waals surface area contributed by atoms with E-state index in [9.17, 15) is 0 Å². The summed E-state index contributed by atoms with van der Waals surface area (Å²) < 4.78 is 0. The Hall–Kier alpha value is -1.57. The molecule has 0 saturated carbocycles. The number of aryl methyl sites for hydroxylation is 2. The molecule has 0 spiro atoms. The third kappa shape index (κ3) is 3.24. The maximum absolute atomic E-state index is 5.92. The van der Waals surface area contributed by atoms with Crippen molar-refractivity contribution in [2.45, 2.75) is 27.7 Å². The van der Waals surface area contributed by atoms with Gasteiger partial charge < -0.3 is 5.73 Å². The first-order valence-corrected chi connectivity index (χ1v) is 5.05. The Labute approximate surface area is 91.5 Å². The predicted octanol–water partition coefficient (Wildman–Crippen LogP) is 2.93. The van der Waals surface area contributed by atoms with Gasteiger partial charge in [-0.15, -0.1) is 0 Å². The molecule has 0 amide bonds. The van der Waals surface area contributed by atoms with Crippen molar-refractivity contribution in [3.63, 3.8) is 0 Å². The Bertz CT molecular complexity index is 411. The number of amidine groups is 1. The minimum Gasteiger partial charge on any atom is -0.383 e. The molecule has 80 valence electrons. The molecule has 2 nitrogen and oxygen atoms in total. The lowest BCUT2D eigenvalue weighted by atomic mass is 10.1. The second kappa shape index (κ2) is 4.78. The van der Waals surface area contributed by atoms with Gasteiger partial charge in [-0.2, -0.15) is 0 Å². The molecule has 2 heteroatoms. The van der Waals surface area contributed by atoms with Crippen molar-refractivity contribution in [1.82, 2.24) is 0 Å². The van der Waals surface area contributed by atoms with Crippen molar-refractivity contribution in [3.05, 3.63) is 46.7 Å². The quantitative estimate of drug-likeness (QED) is 0.581. The van der Waals surface area contributed by atoms with Crippen LogP contribution in [0.3, 0.4) is 0 Å². The van der Waals surface area contributed by atoms with Crippen LogP contribution in [0.2, 0.25) is 0 Å². The van der Waals surface area contributed by atoms with Gasteiger partial charge in [0.2, 0.25) is 0 Å². The maximum atomic E-state index is 5.92. The van der Waals surface area contributed by atoms with Crippen LogP contribution in [0.1, 0.15) is 30.5 Å². The van der Waals surface area contributed by atoms with E-state index in [1.807, 2.05) is 20.8 Å². The summed E-state index contributed by atoms with van der Waals surface area (Å²) in [7, 11) is 0. The molecule has 0 aliphatic heterocycles. The van der Waals surface area contributed by atoms with Crippen molar-refractivity contribution in [1.29, 1.82) is 0 Å². The largest absolute Gasteiger partial charge is 0.383 e. The number of allylic oxidation sites excluding steroid dienone is 1. The SMILES string of the molecule is CC(C)=CN=C(N)c1cc(C)ccc1C. The van der Waals surface area contributed by atoms with Gasteiger partial charge >= 0.3 is 0 Å². The van der Waals surface area contributed by atoms with Crippen LogP contribution in [0.5, 0.6) is 0 Å². The highest BCUT2D eigenvalue weighted by molar-refractivity contribution is 5.99. The van der Waals surface area contributed by atoms with Crippen LogP contribution in [-0.2, 0) is 0 Å². The molecule has 0 radical (unpaired) electrons. The fourth-order valence-corrected chi connectivity index (χ4v) is 1.28. The van der Waals surface area contributed by atoms with Crippen molar-refractivity contribution in [2.75, 3.05) is 0 Å². The Morgan fingerprint density at radius 3 is 2.53 bits per heavy atom. The smallest absolute Gasteiger partial charge is 0.130 e. The Morgan fingerprint density at radius 1 is 1.27 bits per heavy atom. The van der Waals surface area contributed by atoms with E-state index in [2.05, 4.69) is 30.1 Å². The monoisotopic (exact) mass is 202 g/mol. The molecule has 15 heavy (non-hydrogen) atoms. The van der Waals surface area contributed by atoms with E-state index in [0.717, 1.165) is 16.7 Å². The summed E-state index contributed by atoms with van der Waals surface area (Å²) in [6.07, 6.45) is 1.79. The molecule has 0 aliphatic rings. The summed E-state index contributed by atoms with van der Waals surface area (Å²) >= 11 is 0. The summed E-state index contributed by atoms with van der Waals surface area (Å²) in [6, 6.07) is 6.20. The van der Waals surface area contributed by atoms with Gasteiger partial charge in [-0.25, -0.2) is 4.99 Å². The molecule has 0 atom stereocenters. The van der Waals surface area contributed by atoms with Crippen molar-refractivity contribution in [3.8, 4) is 0 Å². The average molecular weight is 202 g/mol. The first-order valence-electron chi connectivity index (χ1n) is 5.05. The molecule has 0 fully saturated rings. The zero-order valence-electron chi connectivity index (χ0n) is 9.83. The van der Waals surface area contributed by atoms with Crippen LogP contribution in [-0.4, -0.2) is 5.84 Å². The van der Waals surface area contributed by atoms with E-state index in [-0.39, 0.29) is 0 Å². The highest BCUT2D eigenvalue weighted by Crippen LogP contribution is 2.10. The van der Waals surface area contributed by atoms with Crippen molar-refractivity contribution in [2.24, 2.45) is 10.7 Å². The number of hydrogen-bond donors (Lipinski definition) is 1. The van der Waals surface area contributed by atoms with Crippen molar-refractivity contribution >= 4 is 5.84 Å². The standard InChI is InChI=1S/C13H18N2/c1-9(2)8-15-13(14)12-7-10(3)5-6-11(12)4/h5-8H,1-4H3,(H2,14,15). The summed E-state index contributed by atoms with van der Waals surface area (Å²) in [6.45, 7) is 8.09. The molecule has 1 aromatic rings. The minimum absolute atomic E-state index is 0.581. The topological polar surface area (TPSA) is 38.4 Å². The van der Waals surface area contributed by atoms with Crippen LogP contribution in [0.15, 0.2) is 35.0 Å². The molecular formula is C13H18N2. The average Bonchev–Trinajstić information content (AvgIpc) is 2.18. The Morgan fingerprint density at radius 2 is 1.93 bits per heavy atom.